The highest BCUT2D eigenvalue weighted by Gasteiger charge is 2.31. The van der Waals surface area contributed by atoms with Gasteiger partial charge in [0.15, 0.2) is 0 Å². The van der Waals surface area contributed by atoms with E-state index in [9.17, 15) is 9.59 Å². The van der Waals surface area contributed by atoms with Crippen LogP contribution < -0.4 is 10.1 Å². The molecule has 0 saturated heterocycles. The van der Waals surface area contributed by atoms with Crippen molar-refractivity contribution in [3.63, 3.8) is 0 Å². The van der Waals surface area contributed by atoms with Crippen LogP contribution >= 0.6 is 15.9 Å². The molecule has 1 rings (SSSR count). The van der Waals surface area contributed by atoms with Crippen LogP contribution in [0.5, 0.6) is 5.75 Å². The molecule has 0 heterocycles. The fourth-order valence-electron chi connectivity index (χ4n) is 1.51. The van der Waals surface area contributed by atoms with Crippen molar-refractivity contribution in [1.29, 1.82) is 0 Å². The Kier molecular flexibility index (Phi) is 4.94. The highest BCUT2D eigenvalue weighted by atomic mass is 79.9. The Bertz CT molecular complexity index is 499. The monoisotopic (exact) mass is 329 g/mol. The lowest BCUT2D eigenvalue weighted by molar-refractivity contribution is -0.146. The molecule has 0 saturated carbocycles. The third-order valence-electron chi connectivity index (χ3n) is 2.53. The lowest BCUT2D eigenvalue weighted by atomic mass is 10.0. The molecule has 1 N–H and O–H groups in total. The number of hydrogen-bond donors (Lipinski definition) is 1. The number of hydrogen-bond acceptors (Lipinski definition) is 4. The van der Waals surface area contributed by atoms with E-state index in [1.54, 1.807) is 32.0 Å². The van der Waals surface area contributed by atoms with Gasteiger partial charge in [0.25, 0.3) is 5.91 Å². The fourth-order valence-corrected chi connectivity index (χ4v) is 1.85. The third-order valence-corrected chi connectivity index (χ3v) is 3.02. The Balaban J connectivity index is 2.99. The average Bonchev–Trinajstić information content (AvgIpc) is 2.36. The summed E-state index contributed by atoms with van der Waals surface area (Å²) >= 11 is 3.30. The van der Waals surface area contributed by atoms with Gasteiger partial charge in [0.1, 0.15) is 11.3 Å². The number of methoxy groups -OCH3 is 2. The number of amides is 1. The van der Waals surface area contributed by atoms with E-state index in [1.807, 2.05) is 0 Å². The Labute approximate surface area is 120 Å². The molecule has 6 heteroatoms. The van der Waals surface area contributed by atoms with E-state index in [0.29, 0.717) is 11.3 Å². The van der Waals surface area contributed by atoms with Gasteiger partial charge in [0.05, 0.1) is 19.8 Å². The SMILES string of the molecule is COC(=O)C(C)(C)NC(=O)c1ccc(Br)cc1OC. The van der Waals surface area contributed by atoms with Gasteiger partial charge in [0.2, 0.25) is 0 Å². The summed E-state index contributed by atoms with van der Waals surface area (Å²) in [6.45, 7) is 3.14. The zero-order chi connectivity index (χ0) is 14.6. The van der Waals surface area contributed by atoms with Crippen molar-refractivity contribution in [3.05, 3.63) is 28.2 Å². The van der Waals surface area contributed by atoms with Gasteiger partial charge in [-0.25, -0.2) is 4.79 Å². The molecule has 5 nitrogen and oxygen atoms in total. The topological polar surface area (TPSA) is 64.6 Å². The normalized spacial score (nSPS) is 10.8. The minimum atomic E-state index is -1.11. The zero-order valence-electron chi connectivity index (χ0n) is 11.2. The van der Waals surface area contributed by atoms with Gasteiger partial charge in [-0.15, -0.1) is 0 Å². The number of halogens is 1. The molecule has 0 spiro atoms. The molecule has 104 valence electrons. The number of rotatable bonds is 4. The fraction of sp³-hybridized carbons (Fsp3) is 0.385. The second-order valence-corrected chi connectivity index (χ2v) is 5.33. The number of nitrogens with one attached hydrogen (secondary N) is 1. The van der Waals surface area contributed by atoms with Crippen molar-refractivity contribution in [3.8, 4) is 5.75 Å². The van der Waals surface area contributed by atoms with Gasteiger partial charge >= 0.3 is 5.97 Å². The quantitative estimate of drug-likeness (QED) is 0.859. The van der Waals surface area contributed by atoms with Crippen LogP contribution in [0.3, 0.4) is 0 Å². The van der Waals surface area contributed by atoms with Crippen molar-refractivity contribution < 1.29 is 19.1 Å². The Morgan fingerprint density at radius 3 is 2.42 bits per heavy atom. The molecule has 0 atom stereocenters. The van der Waals surface area contributed by atoms with Gasteiger partial charge in [-0.2, -0.15) is 0 Å². The Morgan fingerprint density at radius 1 is 1.26 bits per heavy atom. The molecule has 0 fully saturated rings. The summed E-state index contributed by atoms with van der Waals surface area (Å²) < 4.78 is 10.6. The highest BCUT2D eigenvalue weighted by Crippen LogP contribution is 2.24. The standard InChI is InChI=1S/C13H16BrNO4/c1-13(2,12(17)19-4)15-11(16)9-6-5-8(14)7-10(9)18-3/h5-7H,1-4H3,(H,15,16). The van der Waals surface area contributed by atoms with Crippen LogP contribution in [-0.4, -0.2) is 31.6 Å². The summed E-state index contributed by atoms with van der Waals surface area (Å²) in [6, 6.07) is 5.02. The first-order chi connectivity index (χ1) is 8.81. The van der Waals surface area contributed by atoms with Crippen LogP contribution in [0.2, 0.25) is 0 Å². The number of benzene rings is 1. The molecule has 1 aromatic carbocycles. The van der Waals surface area contributed by atoms with Crippen LogP contribution in [0.15, 0.2) is 22.7 Å². The molecule has 19 heavy (non-hydrogen) atoms. The highest BCUT2D eigenvalue weighted by molar-refractivity contribution is 9.10. The molecule has 0 aliphatic rings. The first kappa shape index (κ1) is 15.5. The molecule has 0 unspecified atom stereocenters. The maximum Gasteiger partial charge on any atom is 0.330 e. The third kappa shape index (κ3) is 3.70. The second kappa shape index (κ2) is 6.06. The van der Waals surface area contributed by atoms with Crippen LogP contribution in [0, 0.1) is 0 Å². The van der Waals surface area contributed by atoms with Crippen LogP contribution in [-0.2, 0) is 9.53 Å². The minimum Gasteiger partial charge on any atom is -0.496 e. The van der Waals surface area contributed by atoms with Crippen LogP contribution in [0.1, 0.15) is 24.2 Å². The van der Waals surface area contributed by atoms with Crippen LogP contribution in [0.25, 0.3) is 0 Å². The molecule has 0 bridgehead atoms. The van der Waals surface area contributed by atoms with E-state index in [4.69, 9.17) is 4.74 Å². The summed E-state index contributed by atoms with van der Waals surface area (Å²) in [5.41, 5.74) is -0.758. The van der Waals surface area contributed by atoms with Gasteiger partial charge in [0, 0.05) is 4.47 Å². The van der Waals surface area contributed by atoms with Crippen LogP contribution in [0.4, 0.5) is 0 Å². The molecule has 1 amide bonds. The largest absolute Gasteiger partial charge is 0.496 e. The van der Waals surface area contributed by atoms with E-state index in [0.717, 1.165) is 4.47 Å². The number of esters is 1. The van der Waals surface area contributed by atoms with E-state index >= 15 is 0 Å². The van der Waals surface area contributed by atoms with E-state index in [-0.39, 0.29) is 0 Å². The van der Waals surface area contributed by atoms with E-state index in [1.165, 1.54) is 14.2 Å². The van der Waals surface area contributed by atoms with E-state index in [2.05, 4.69) is 26.0 Å². The summed E-state index contributed by atoms with van der Waals surface area (Å²) in [5.74, 6) is -0.496. The molecule has 1 aromatic rings. The number of ether oxygens (including phenoxy) is 2. The Hall–Kier alpha value is -1.56. The van der Waals surface area contributed by atoms with Gasteiger partial charge in [-0.1, -0.05) is 15.9 Å². The summed E-state index contributed by atoms with van der Waals surface area (Å²) in [4.78, 5) is 23.7. The molecular weight excluding hydrogens is 314 g/mol. The van der Waals surface area contributed by atoms with Crippen molar-refractivity contribution in [1.82, 2.24) is 5.32 Å². The van der Waals surface area contributed by atoms with Crippen molar-refractivity contribution in [2.24, 2.45) is 0 Å². The second-order valence-electron chi connectivity index (χ2n) is 4.42. The number of carbonyl (C=O) groups excluding carboxylic acids is 2. The van der Waals surface area contributed by atoms with Crippen molar-refractivity contribution >= 4 is 27.8 Å². The maximum absolute atomic E-state index is 12.2. The first-order valence-electron chi connectivity index (χ1n) is 5.56. The summed E-state index contributed by atoms with van der Waals surface area (Å²) in [5, 5.41) is 2.61. The minimum absolute atomic E-state index is 0.350. The lowest BCUT2D eigenvalue weighted by Gasteiger charge is -2.23. The van der Waals surface area contributed by atoms with Gasteiger partial charge in [-0.3, -0.25) is 4.79 Å². The van der Waals surface area contributed by atoms with Crippen molar-refractivity contribution in [2.75, 3.05) is 14.2 Å². The summed E-state index contributed by atoms with van der Waals surface area (Å²) in [6.07, 6.45) is 0. The smallest absolute Gasteiger partial charge is 0.330 e. The molecular formula is C13H16BrNO4. The van der Waals surface area contributed by atoms with Gasteiger partial charge < -0.3 is 14.8 Å². The van der Waals surface area contributed by atoms with Gasteiger partial charge in [-0.05, 0) is 32.0 Å². The molecule has 0 aromatic heterocycles. The molecule has 0 aliphatic heterocycles. The maximum atomic E-state index is 12.2. The predicted octanol–water partition coefficient (Wildman–Crippen LogP) is 2.14. The molecule has 0 radical (unpaired) electrons. The van der Waals surface area contributed by atoms with Crippen molar-refractivity contribution in [2.45, 2.75) is 19.4 Å². The zero-order valence-corrected chi connectivity index (χ0v) is 12.8. The first-order valence-corrected chi connectivity index (χ1v) is 6.35. The molecule has 0 aliphatic carbocycles. The number of carbonyl (C=O) groups is 2. The lowest BCUT2D eigenvalue weighted by Crippen LogP contribution is -2.50. The predicted molar refractivity (Wildman–Crippen MR) is 74.3 cm³/mol. The summed E-state index contributed by atoms with van der Waals surface area (Å²) in [7, 11) is 2.75. The van der Waals surface area contributed by atoms with E-state index < -0.39 is 17.4 Å². The average molecular weight is 330 g/mol. The Morgan fingerprint density at radius 2 is 1.89 bits per heavy atom.